The standard InChI is InChI=1S/C19H20F3N3O/c20-19(21,22)18-15-7-3-4-8-16(15)25(23-18)12-17(26)24-10-9-13-5-1-2-6-14(13)11-24/h1-2,5-6H,3-4,7-12H2. The Balaban J connectivity index is 1.56. The molecule has 4 rings (SSSR count). The number of halogens is 3. The van der Waals surface area contributed by atoms with Crippen LogP contribution in [0, 0.1) is 0 Å². The Morgan fingerprint density at radius 2 is 1.81 bits per heavy atom. The molecule has 0 radical (unpaired) electrons. The first-order chi connectivity index (χ1) is 12.4. The molecule has 4 nitrogen and oxygen atoms in total. The summed E-state index contributed by atoms with van der Waals surface area (Å²) in [4.78, 5) is 14.4. The number of amides is 1. The maximum absolute atomic E-state index is 13.3. The number of hydrogen-bond acceptors (Lipinski definition) is 2. The molecule has 7 heteroatoms. The summed E-state index contributed by atoms with van der Waals surface area (Å²) in [6, 6.07) is 7.96. The summed E-state index contributed by atoms with van der Waals surface area (Å²) in [6.07, 6.45) is -1.20. The molecule has 0 bridgehead atoms. The summed E-state index contributed by atoms with van der Waals surface area (Å²) < 4.78 is 41.1. The number of benzene rings is 1. The zero-order valence-electron chi connectivity index (χ0n) is 14.4. The van der Waals surface area contributed by atoms with Crippen LogP contribution < -0.4 is 0 Å². The van der Waals surface area contributed by atoms with E-state index in [9.17, 15) is 18.0 Å². The fraction of sp³-hybridized carbons (Fsp3) is 0.474. The lowest BCUT2D eigenvalue weighted by atomic mass is 9.95. The van der Waals surface area contributed by atoms with Crippen LogP contribution in [0.1, 0.15) is 40.9 Å². The van der Waals surface area contributed by atoms with Crippen molar-refractivity contribution in [2.45, 2.75) is 51.4 Å². The van der Waals surface area contributed by atoms with E-state index in [1.807, 2.05) is 18.2 Å². The minimum atomic E-state index is -4.47. The van der Waals surface area contributed by atoms with Crippen molar-refractivity contribution in [3.05, 3.63) is 52.3 Å². The predicted octanol–water partition coefficient (Wildman–Crippen LogP) is 3.37. The zero-order valence-corrected chi connectivity index (χ0v) is 14.4. The third-order valence-electron chi connectivity index (χ3n) is 5.29. The molecule has 0 unspecified atom stereocenters. The average molecular weight is 363 g/mol. The minimum absolute atomic E-state index is 0.124. The monoisotopic (exact) mass is 363 g/mol. The molecule has 0 saturated carbocycles. The van der Waals surface area contributed by atoms with Crippen molar-refractivity contribution in [2.75, 3.05) is 6.54 Å². The SMILES string of the molecule is O=C(Cn1nc(C(F)(F)F)c2c1CCCC2)N1CCc2ccccc2C1. The Hall–Kier alpha value is -2.31. The van der Waals surface area contributed by atoms with Crippen LogP contribution in [0.25, 0.3) is 0 Å². The maximum atomic E-state index is 13.3. The third-order valence-corrected chi connectivity index (χ3v) is 5.29. The van der Waals surface area contributed by atoms with E-state index in [0.29, 0.717) is 31.6 Å². The van der Waals surface area contributed by atoms with E-state index in [4.69, 9.17) is 0 Å². The molecular weight excluding hydrogens is 343 g/mol. The highest BCUT2D eigenvalue weighted by atomic mass is 19.4. The highest BCUT2D eigenvalue weighted by molar-refractivity contribution is 5.76. The smallest absolute Gasteiger partial charge is 0.336 e. The molecule has 26 heavy (non-hydrogen) atoms. The Morgan fingerprint density at radius 3 is 2.58 bits per heavy atom. The van der Waals surface area contributed by atoms with Crippen molar-refractivity contribution >= 4 is 5.91 Å². The average Bonchev–Trinajstić information content (AvgIpc) is 3.00. The van der Waals surface area contributed by atoms with Gasteiger partial charge in [0.25, 0.3) is 0 Å². The molecule has 2 aliphatic rings. The molecule has 1 aromatic heterocycles. The highest BCUT2D eigenvalue weighted by Gasteiger charge is 2.39. The van der Waals surface area contributed by atoms with E-state index in [2.05, 4.69) is 11.2 Å². The first-order valence-corrected chi connectivity index (χ1v) is 8.94. The highest BCUT2D eigenvalue weighted by Crippen LogP contribution is 2.35. The Morgan fingerprint density at radius 1 is 1.08 bits per heavy atom. The van der Waals surface area contributed by atoms with Crippen molar-refractivity contribution in [1.82, 2.24) is 14.7 Å². The van der Waals surface area contributed by atoms with Gasteiger partial charge in [-0.05, 0) is 43.2 Å². The number of carbonyl (C=O) groups is 1. The van der Waals surface area contributed by atoms with Crippen molar-refractivity contribution in [1.29, 1.82) is 0 Å². The van der Waals surface area contributed by atoms with Crippen LogP contribution in [0.2, 0.25) is 0 Å². The summed E-state index contributed by atoms with van der Waals surface area (Å²) in [5.41, 5.74) is 2.37. The largest absolute Gasteiger partial charge is 0.435 e. The molecular formula is C19H20F3N3O. The molecule has 2 aromatic rings. The van der Waals surface area contributed by atoms with Gasteiger partial charge in [-0.1, -0.05) is 24.3 Å². The van der Waals surface area contributed by atoms with Gasteiger partial charge in [0.15, 0.2) is 5.69 Å². The Bertz CT molecular complexity index is 841. The number of aromatic nitrogens is 2. The van der Waals surface area contributed by atoms with E-state index in [1.54, 1.807) is 4.90 Å². The molecule has 1 amide bonds. The van der Waals surface area contributed by atoms with Crippen LogP contribution in [0.15, 0.2) is 24.3 Å². The molecule has 0 spiro atoms. The van der Waals surface area contributed by atoms with Crippen LogP contribution in [0.5, 0.6) is 0 Å². The molecule has 138 valence electrons. The van der Waals surface area contributed by atoms with Crippen molar-refractivity contribution in [3.63, 3.8) is 0 Å². The Labute approximate surface area is 149 Å². The number of fused-ring (bicyclic) bond motifs is 2. The number of rotatable bonds is 2. The van der Waals surface area contributed by atoms with Gasteiger partial charge in [-0.15, -0.1) is 0 Å². The number of alkyl halides is 3. The summed E-state index contributed by atoms with van der Waals surface area (Å²) in [5, 5.41) is 3.79. The number of nitrogens with zero attached hydrogens (tertiary/aromatic N) is 3. The summed E-state index contributed by atoms with van der Waals surface area (Å²) in [6.45, 7) is 0.969. The Kier molecular flexibility index (Phi) is 4.25. The molecule has 0 saturated heterocycles. The maximum Gasteiger partial charge on any atom is 0.435 e. The fourth-order valence-corrected chi connectivity index (χ4v) is 3.97. The van der Waals surface area contributed by atoms with Gasteiger partial charge < -0.3 is 4.90 Å². The van der Waals surface area contributed by atoms with E-state index in [-0.39, 0.29) is 18.0 Å². The van der Waals surface area contributed by atoms with Gasteiger partial charge in [0, 0.05) is 24.3 Å². The van der Waals surface area contributed by atoms with Gasteiger partial charge in [0.05, 0.1) is 0 Å². The van der Waals surface area contributed by atoms with E-state index in [1.165, 1.54) is 10.2 Å². The molecule has 1 aromatic carbocycles. The fourth-order valence-electron chi connectivity index (χ4n) is 3.97. The van der Waals surface area contributed by atoms with Gasteiger partial charge in [-0.3, -0.25) is 9.48 Å². The lowest BCUT2D eigenvalue weighted by Gasteiger charge is -2.29. The van der Waals surface area contributed by atoms with Gasteiger partial charge in [-0.2, -0.15) is 18.3 Å². The van der Waals surface area contributed by atoms with Crippen LogP contribution >= 0.6 is 0 Å². The molecule has 1 aliphatic carbocycles. The first-order valence-electron chi connectivity index (χ1n) is 8.94. The summed E-state index contributed by atoms with van der Waals surface area (Å²) in [5.74, 6) is -0.177. The molecule has 1 aliphatic heterocycles. The van der Waals surface area contributed by atoms with Crippen LogP contribution in [-0.4, -0.2) is 27.1 Å². The quantitative estimate of drug-likeness (QED) is 0.821. The zero-order chi connectivity index (χ0) is 18.3. The second-order valence-corrected chi connectivity index (χ2v) is 6.97. The predicted molar refractivity (Wildman–Crippen MR) is 89.4 cm³/mol. The summed E-state index contributed by atoms with van der Waals surface area (Å²) >= 11 is 0. The van der Waals surface area contributed by atoms with E-state index in [0.717, 1.165) is 24.8 Å². The number of carbonyl (C=O) groups excluding carboxylic acids is 1. The lowest BCUT2D eigenvalue weighted by molar-refractivity contribution is -0.142. The van der Waals surface area contributed by atoms with Gasteiger partial charge in [0.1, 0.15) is 6.54 Å². The second kappa shape index (κ2) is 6.45. The second-order valence-electron chi connectivity index (χ2n) is 6.97. The molecule has 2 heterocycles. The van der Waals surface area contributed by atoms with Gasteiger partial charge in [0.2, 0.25) is 5.91 Å². The first kappa shape index (κ1) is 17.1. The number of hydrogen-bond donors (Lipinski definition) is 0. The topological polar surface area (TPSA) is 38.1 Å². The van der Waals surface area contributed by atoms with Gasteiger partial charge in [-0.25, -0.2) is 0 Å². The molecule has 0 N–H and O–H groups in total. The van der Waals surface area contributed by atoms with E-state index >= 15 is 0 Å². The van der Waals surface area contributed by atoms with Crippen LogP contribution in [0.3, 0.4) is 0 Å². The van der Waals surface area contributed by atoms with Crippen molar-refractivity contribution in [2.24, 2.45) is 0 Å². The van der Waals surface area contributed by atoms with Gasteiger partial charge >= 0.3 is 6.18 Å². The minimum Gasteiger partial charge on any atom is -0.336 e. The van der Waals surface area contributed by atoms with Crippen molar-refractivity contribution < 1.29 is 18.0 Å². The molecule has 0 fully saturated rings. The summed E-state index contributed by atoms with van der Waals surface area (Å²) in [7, 11) is 0. The normalized spacial score (nSPS) is 17.0. The van der Waals surface area contributed by atoms with Crippen LogP contribution in [0.4, 0.5) is 13.2 Å². The lowest BCUT2D eigenvalue weighted by Crippen LogP contribution is -2.38. The van der Waals surface area contributed by atoms with Crippen molar-refractivity contribution in [3.8, 4) is 0 Å². The van der Waals surface area contributed by atoms with E-state index < -0.39 is 11.9 Å². The van der Waals surface area contributed by atoms with Crippen LogP contribution in [-0.2, 0) is 43.3 Å². The third kappa shape index (κ3) is 3.10. The molecule has 0 atom stereocenters.